The minimum absolute atomic E-state index is 0.143. The number of carbonyl (C=O) groups excluding carboxylic acids is 1. The summed E-state index contributed by atoms with van der Waals surface area (Å²) in [6.45, 7) is 4.66. The van der Waals surface area contributed by atoms with Gasteiger partial charge in [-0.15, -0.1) is 0 Å². The third-order valence-electron chi connectivity index (χ3n) is 2.91. The molecule has 1 aromatic heterocycles. The normalized spacial score (nSPS) is 11.9. The average molecular weight is 313 g/mol. The number of aromatic nitrogens is 1. The van der Waals surface area contributed by atoms with Gasteiger partial charge < -0.3 is 5.32 Å². The molecule has 1 rings (SSSR count). The number of sulfonamides is 1. The summed E-state index contributed by atoms with van der Waals surface area (Å²) in [5.41, 5.74) is 0.748. The number of hydrogen-bond donors (Lipinski definition) is 1. The minimum atomic E-state index is -3.45. The van der Waals surface area contributed by atoms with E-state index in [4.69, 9.17) is 0 Å². The highest BCUT2D eigenvalue weighted by molar-refractivity contribution is 7.88. The second-order valence-corrected chi connectivity index (χ2v) is 7.41. The second kappa shape index (κ2) is 8.09. The third kappa shape index (κ3) is 7.19. The molecule has 0 saturated carbocycles. The third-order valence-corrected chi connectivity index (χ3v) is 4.11. The lowest BCUT2D eigenvalue weighted by Crippen LogP contribution is -2.40. The number of rotatable bonds is 8. The lowest BCUT2D eigenvalue weighted by atomic mass is 10.1. The van der Waals surface area contributed by atoms with Crippen LogP contribution >= 0.6 is 0 Å². The van der Waals surface area contributed by atoms with Gasteiger partial charge in [0.15, 0.2) is 0 Å². The maximum absolute atomic E-state index is 11.8. The summed E-state index contributed by atoms with van der Waals surface area (Å²) >= 11 is 0. The Morgan fingerprint density at radius 1 is 1.43 bits per heavy atom. The van der Waals surface area contributed by atoms with Crippen LogP contribution in [0.25, 0.3) is 0 Å². The maximum Gasteiger partial charge on any atom is 0.235 e. The smallest absolute Gasteiger partial charge is 0.235 e. The Morgan fingerprint density at radius 3 is 2.67 bits per heavy atom. The summed E-state index contributed by atoms with van der Waals surface area (Å²) in [5.74, 6) is 0.205. The summed E-state index contributed by atoms with van der Waals surface area (Å²) in [6.07, 6.45) is 5.18. The summed E-state index contributed by atoms with van der Waals surface area (Å²) in [6, 6.07) is 3.51. The molecule has 0 fully saturated rings. The van der Waals surface area contributed by atoms with E-state index in [0.717, 1.165) is 22.5 Å². The monoisotopic (exact) mass is 313 g/mol. The molecule has 6 nitrogen and oxygen atoms in total. The summed E-state index contributed by atoms with van der Waals surface area (Å²) in [5, 5.41) is 2.74. The number of nitrogens with zero attached hydrogens (tertiary/aromatic N) is 2. The van der Waals surface area contributed by atoms with Crippen LogP contribution in [0.3, 0.4) is 0 Å². The van der Waals surface area contributed by atoms with E-state index >= 15 is 0 Å². The van der Waals surface area contributed by atoms with Crippen LogP contribution in [-0.2, 0) is 21.4 Å². The predicted octanol–water partition coefficient (Wildman–Crippen LogP) is 1.01. The number of pyridine rings is 1. The molecule has 0 saturated heterocycles. The van der Waals surface area contributed by atoms with Gasteiger partial charge >= 0.3 is 0 Å². The van der Waals surface area contributed by atoms with E-state index in [1.54, 1.807) is 24.5 Å². The van der Waals surface area contributed by atoms with Gasteiger partial charge in [-0.25, -0.2) is 8.42 Å². The van der Waals surface area contributed by atoms with E-state index in [1.165, 1.54) is 0 Å². The molecule has 0 aliphatic heterocycles. The molecular weight excluding hydrogens is 290 g/mol. The molecule has 0 radical (unpaired) electrons. The van der Waals surface area contributed by atoms with Gasteiger partial charge in [0.1, 0.15) is 0 Å². The van der Waals surface area contributed by atoms with Crippen molar-refractivity contribution in [3.63, 3.8) is 0 Å². The molecule has 118 valence electrons. The second-order valence-electron chi connectivity index (χ2n) is 5.42. The van der Waals surface area contributed by atoms with Crippen LogP contribution in [0.1, 0.15) is 25.8 Å². The summed E-state index contributed by atoms with van der Waals surface area (Å²) < 4.78 is 24.7. The molecule has 0 bridgehead atoms. The van der Waals surface area contributed by atoms with Crippen molar-refractivity contribution >= 4 is 15.9 Å². The largest absolute Gasteiger partial charge is 0.355 e. The molecule has 0 aliphatic carbocycles. The van der Waals surface area contributed by atoms with E-state index in [9.17, 15) is 13.2 Å². The number of amides is 1. The van der Waals surface area contributed by atoms with E-state index < -0.39 is 10.0 Å². The van der Waals surface area contributed by atoms with Crippen LogP contribution in [0.5, 0.6) is 0 Å². The molecule has 1 amide bonds. The molecule has 1 N–H and O–H groups in total. The first-order valence-corrected chi connectivity index (χ1v) is 8.74. The van der Waals surface area contributed by atoms with Crippen molar-refractivity contribution < 1.29 is 13.2 Å². The number of hydrogen-bond acceptors (Lipinski definition) is 4. The zero-order valence-electron chi connectivity index (χ0n) is 12.7. The molecule has 1 heterocycles. The van der Waals surface area contributed by atoms with Gasteiger partial charge in [-0.05, 0) is 24.0 Å². The quantitative estimate of drug-likeness (QED) is 0.776. The number of carbonyl (C=O) groups is 1. The van der Waals surface area contributed by atoms with Crippen molar-refractivity contribution in [1.29, 1.82) is 0 Å². The molecule has 7 heteroatoms. The molecular formula is C14H23N3O3S. The van der Waals surface area contributed by atoms with Gasteiger partial charge in [0, 0.05) is 25.5 Å². The van der Waals surface area contributed by atoms with Crippen molar-refractivity contribution in [3.05, 3.63) is 30.1 Å². The standard InChI is InChI=1S/C14H23N3O3S/c1-12(2)6-8-16-14(18)11-17(21(3,19)20)10-13-5-4-7-15-9-13/h4-5,7,9,12H,6,8,10-11H2,1-3H3,(H,16,18). The fraction of sp³-hybridized carbons (Fsp3) is 0.571. The minimum Gasteiger partial charge on any atom is -0.355 e. The van der Waals surface area contributed by atoms with Crippen LogP contribution < -0.4 is 5.32 Å². The van der Waals surface area contributed by atoms with Crippen molar-refractivity contribution in [2.24, 2.45) is 5.92 Å². The van der Waals surface area contributed by atoms with Gasteiger partial charge in [0.05, 0.1) is 12.8 Å². The molecule has 0 spiro atoms. The molecule has 0 unspecified atom stereocenters. The average Bonchev–Trinajstić information content (AvgIpc) is 2.37. The summed E-state index contributed by atoms with van der Waals surface area (Å²) in [4.78, 5) is 15.8. The van der Waals surface area contributed by atoms with Gasteiger partial charge in [0.2, 0.25) is 15.9 Å². The fourth-order valence-corrected chi connectivity index (χ4v) is 2.44. The van der Waals surface area contributed by atoms with Gasteiger partial charge in [-0.3, -0.25) is 9.78 Å². The van der Waals surface area contributed by atoms with Gasteiger partial charge in [-0.2, -0.15) is 4.31 Å². The Labute approximate surface area is 126 Å². The SMILES string of the molecule is CC(C)CCNC(=O)CN(Cc1cccnc1)S(C)(=O)=O. The molecule has 1 aromatic rings. The Bertz CT molecular complexity index is 544. The van der Waals surface area contributed by atoms with E-state index in [-0.39, 0.29) is 19.0 Å². The highest BCUT2D eigenvalue weighted by atomic mass is 32.2. The lowest BCUT2D eigenvalue weighted by Gasteiger charge is -2.19. The highest BCUT2D eigenvalue weighted by Gasteiger charge is 2.20. The van der Waals surface area contributed by atoms with Gasteiger partial charge in [-0.1, -0.05) is 19.9 Å². The molecule has 0 aliphatic rings. The Morgan fingerprint density at radius 2 is 2.14 bits per heavy atom. The zero-order chi connectivity index (χ0) is 15.9. The molecule has 0 aromatic carbocycles. The number of nitrogens with one attached hydrogen (secondary N) is 1. The van der Waals surface area contributed by atoms with Crippen LogP contribution in [0.15, 0.2) is 24.5 Å². The van der Waals surface area contributed by atoms with Gasteiger partial charge in [0.25, 0.3) is 0 Å². The van der Waals surface area contributed by atoms with Crippen molar-refractivity contribution in [2.75, 3.05) is 19.3 Å². The Kier molecular flexibility index (Phi) is 6.77. The maximum atomic E-state index is 11.8. The lowest BCUT2D eigenvalue weighted by molar-refractivity contribution is -0.121. The Hall–Kier alpha value is -1.47. The molecule has 0 atom stereocenters. The van der Waals surface area contributed by atoms with Crippen molar-refractivity contribution in [2.45, 2.75) is 26.8 Å². The highest BCUT2D eigenvalue weighted by Crippen LogP contribution is 2.07. The Balaban J connectivity index is 2.61. The fourth-order valence-electron chi connectivity index (χ4n) is 1.70. The first-order chi connectivity index (χ1) is 9.79. The van der Waals surface area contributed by atoms with Crippen molar-refractivity contribution in [3.8, 4) is 0 Å². The van der Waals surface area contributed by atoms with Crippen LogP contribution in [0, 0.1) is 5.92 Å². The topological polar surface area (TPSA) is 79.4 Å². The van der Waals surface area contributed by atoms with E-state index in [0.29, 0.717) is 12.5 Å². The van der Waals surface area contributed by atoms with Crippen LogP contribution in [0.4, 0.5) is 0 Å². The van der Waals surface area contributed by atoms with Crippen LogP contribution in [0.2, 0.25) is 0 Å². The predicted molar refractivity (Wildman–Crippen MR) is 82.0 cm³/mol. The van der Waals surface area contributed by atoms with Crippen molar-refractivity contribution in [1.82, 2.24) is 14.6 Å². The zero-order valence-corrected chi connectivity index (χ0v) is 13.6. The molecule has 21 heavy (non-hydrogen) atoms. The van der Waals surface area contributed by atoms with E-state index in [2.05, 4.69) is 24.1 Å². The van der Waals surface area contributed by atoms with Crippen LogP contribution in [-0.4, -0.2) is 43.0 Å². The summed E-state index contributed by atoms with van der Waals surface area (Å²) in [7, 11) is -3.45. The first-order valence-electron chi connectivity index (χ1n) is 6.89. The first kappa shape index (κ1) is 17.6. The van der Waals surface area contributed by atoms with E-state index in [1.807, 2.05) is 0 Å².